The monoisotopic (exact) mass is 336 g/mol. The first-order chi connectivity index (χ1) is 11.2. The minimum atomic E-state index is -0.288. The number of likely N-dealkylation sites (tertiary alicyclic amines) is 1. The van der Waals surface area contributed by atoms with Gasteiger partial charge in [0.2, 0.25) is 5.91 Å². The summed E-state index contributed by atoms with van der Waals surface area (Å²) in [6, 6.07) is 10.2. The number of benzene rings is 1. The van der Waals surface area contributed by atoms with E-state index in [1.165, 1.54) is 4.90 Å². The lowest BCUT2D eigenvalue weighted by atomic mass is 10.2. The molecule has 2 amide bonds. The summed E-state index contributed by atoms with van der Waals surface area (Å²) in [4.78, 5) is 26.5. The van der Waals surface area contributed by atoms with Crippen LogP contribution in [0.3, 0.4) is 0 Å². The fourth-order valence-electron chi connectivity index (χ4n) is 2.50. The van der Waals surface area contributed by atoms with Crippen LogP contribution in [0, 0.1) is 0 Å². The van der Waals surface area contributed by atoms with E-state index in [9.17, 15) is 9.59 Å². The van der Waals surface area contributed by atoms with Crippen molar-refractivity contribution >= 4 is 23.8 Å². The van der Waals surface area contributed by atoms with E-state index >= 15 is 0 Å². The van der Waals surface area contributed by atoms with E-state index in [0.717, 1.165) is 18.6 Å². The van der Waals surface area contributed by atoms with E-state index in [1.807, 2.05) is 18.2 Å². The van der Waals surface area contributed by atoms with Crippen LogP contribution in [0.2, 0.25) is 0 Å². The Bertz CT molecular complexity index is 510. The Morgan fingerprint density at radius 2 is 2.13 bits per heavy atom. The van der Waals surface area contributed by atoms with E-state index < -0.39 is 0 Å². The number of thioether (sulfide) groups is 1. The van der Waals surface area contributed by atoms with Crippen LogP contribution >= 0.6 is 11.8 Å². The van der Waals surface area contributed by atoms with Gasteiger partial charge < -0.3 is 15.0 Å². The molecule has 23 heavy (non-hydrogen) atoms. The summed E-state index contributed by atoms with van der Waals surface area (Å²) >= 11 is 1.77. The number of nitrogens with one attached hydrogen (secondary N) is 1. The van der Waals surface area contributed by atoms with Crippen molar-refractivity contribution in [3.05, 3.63) is 30.3 Å². The molecule has 1 heterocycles. The molecule has 1 fully saturated rings. The van der Waals surface area contributed by atoms with Crippen LogP contribution in [-0.2, 0) is 9.53 Å². The van der Waals surface area contributed by atoms with Gasteiger partial charge in [-0.15, -0.1) is 11.8 Å². The van der Waals surface area contributed by atoms with Crippen LogP contribution < -0.4 is 5.32 Å². The Morgan fingerprint density at radius 3 is 2.87 bits per heavy atom. The zero-order valence-electron chi connectivity index (χ0n) is 13.5. The van der Waals surface area contributed by atoms with Gasteiger partial charge in [-0.3, -0.25) is 4.79 Å². The van der Waals surface area contributed by atoms with Gasteiger partial charge in [0.25, 0.3) is 0 Å². The van der Waals surface area contributed by atoms with Crippen molar-refractivity contribution < 1.29 is 14.3 Å². The molecule has 6 heteroatoms. The van der Waals surface area contributed by atoms with Gasteiger partial charge in [0.05, 0.1) is 6.61 Å². The fraction of sp³-hybridized carbons (Fsp3) is 0.529. The minimum absolute atomic E-state index is 0.0497. The third kappa shape index (κ3) is 6.14. The molecular weight excluding hydrogens is 312 g/mol. The van der Waals surface area contributed by atoms with Crippen molar-refractivity contribution in [1.82, 2.24) is 10.2 Å². The van der Waals surface area contributed by atoms with Crippen LogP contribution in [0.15, 0.2) is 35.2 Å². The molecule has 1 aromatic carbocycles. The first-order valence-corrected chi connectivity index (χ1v) is 9.06. The minimum Gasteiger partial charge on any atom is -0.450 e. The standard InChI is InChI=1S/C17H24N2O3S/c1-2-22-17(21)19-11-10-14(13-19)18-16(20)9-6-12-23-15-7-4-3-5-8-15/h3-5,7-8,14H,2,6,9-13H2,1H3,(H,18,20)/t14-/m0/s1. The lowest BCUT2D eigenvalue weighted by Gasteiger charge is -2.16. The molecule has 5 nitrogen and oxygen atoms in total. The van der Waals surface area contributed by atoms with Crippen LogP contribution in [0.1, 0.15) is 26.2 Å². The molecule has 0 radical (unpaired) electrons. The summed E-state index contributed by atoms with van der Waals surface area (Å²) in [5.41, 5.74) is 0. The first kappa shape index (κ1) is 17.7. The highest BCUT2D eigenvalue weighted by atomic mass is 32.2. The summed E-state index contributed by atoms with van der Waals surface area (Å²) in [6.45, 7) is 3.36. The molecule has 1 aromatic rings. The van der Waals surface area contributed by atoms with Crippen LogP contribution in [-0.4, -0.2) is 48.4 Å². The maximum Gasteiger partial charge on any atom is 0.409 e. The number of hydrogen-bond acceptors (Lipinski definition) is 4. The predicted molar refractivity (Wildman–Crippen MR) is 91.5 cm³/mol. The highest BCUT2D eigenvalue weighted by Gasteiger charge is 2.27. The predicted octanol–water partition coefficient (Wildman–Crippen LogP) is 2.91. The molecule has 1 aliphatic heterocycles. The molecule has 2 rings (SSSR count). The van der Waals surface area contributed by atoms with Crippen molar-refractivity contribution in [2.75, 3.05) is 25.4 Å². The Balaban J connectivity index is 1.59. The van der Waals surface area contributed by atoms with E-state index in [1.54, 1.807) is 23.6 Å². The highest BCUT2D eigenvalue weighted by Crippen LogP contribution is 2.18. The number of nitrogens with zero attached hydrogens (tertiary/aromatic N) is 1. The average Bonchev–Trinajstić information content (AvgIpc) is 3.01. The third-order valence-corrected chi connectivity index (χ3v) is 4.74. The normalized spacial score (nSPS) is 17.1. The molecule has 0 unspecified atom stereocenters. The summed E-state index contributed by atoms with van der Waals surface area (Å²) in [7, 11) is 0. The number of carbonyl (C=O) groups excluding carboxylic acids is 2. The molecule has 0 spiro atoms. The number of amides is 2. The average molecular weight is 336 g/mol. The molecule has 0 aliphatic carbocycles. The number of rotatable bonds is 7. The van der Waals surface area contributed by atoms with Gasteiger partial charge in [0, 0.05) is 30.4 Å². The van der Waals surface area contributed by atoms with E-state index in [0.29, 0.717) is 26.1 Å². The largest absolute Gasteiger partial charge is 0.450 e. The SMILES string of the molecule is CCOC(=O)N1CC[C@H](NC(=O)CCCSc2ccccc2)C1. The van der Waals surface area contributed by atoms with E-state index in [4.69, 9.17) is 4.74 Å². The third-order valence-electron chi connectivity index (χ3n) is 3.64. The smallest absolute Gasteiger partial charge is 0.409 e. The molecule has 0 aromatic heterocycles. The maximum absolute atomic E-state index is 12.0. The highest BCUT2D eigenvalue weighted by molar-refractivity contribution is 7.99. The second-order valence-corrected chi connectivity index (χ2v) is 6.63. The molecule has 126 valence electrons. The molecule has 1 atom stereocenters. The van der Waals surface area contributed by atoms with Gasteiger partial charge in [-0.1, -0.05) is 18.2 Å². The molecule has 1 aliphatic rings. The quantitative estimate of drug-likeness (QED) is 0.614. The number of ether oxygens (including phenoxy) is 1. The zero-order valence-corrected chi connectivity index (χ0v) is 14.3. The Labute approximate surface area is 141 Å². The first-order valence-electron chi connectivity index (χ1n) is 8.08. The second-order valence-electron chi connectivity index (χ2n) is 5.46. The van der Waals surface area contributed by atoms with Crippen LogP contribution in [0.5, 0.6) is 0 Å². The second kappa shape index (κ2) is 9.45. The van der Waals surface area contributed by atoms with Gasteiger partial charge >= 0.3 is 6.09 Å². The molecule has 1 saturated heterocycles. The Hall–Kier alpha value is -1.69. The van der Waals surface area contributed by atoms with Crippen molar-refractivity contribution in [1.29, 1.82) is 0 Å². The van der Waals surface area contributed by atoms with Gasteiger partial charge in [-0.25, -0.2) is 4.79 Å². The van der Waals surface area contributed by atoms with E-state index in [2.05, 4.69) is 17.4 Å². The maximum atomic E-state index is 12.0. The van der Waals surface area contributed by atoms with Crippen molar-refractivity contribution in [2.45, 2.75) is 37.1 Å². The lowest BCUT2D eigenvalue weighted by molar-refractivity contribution is -0.121. The van der Waals surface area contributed by atoms with Gasteiger partial charge in [0.15, 0.2) is 0 Å². The van der Waals surface area contributed by atoms with Gasteiger partial charge in [-0.2, -0.15) is 0 Å². The van der Waals surface area contributed by atoms with Crippen molar-refractivity contribution in [2.24, 2.45) is 0 Å². The number of carbonyl (C=O) groups is 2. The molecule has 0 bridgehead atoms. The van der Waals surface area contributed by atoms with E-state index in [-0.39, 0.29) is 18.0 Å². The molecule has 0 saturated carbocycles. The summed E-state index contributed by atoms with van der Waals surface area (Å²) in [5.74, 6) is 0.992. The summed E-state index contributed by atoms with van der Waals surface area (Å²) < 4.78 is 4.97. The molecule has 1 N–H and O–H groups in total. The lowest BCUT2D eigenvalue weighted by Crippen LogP contribution is -2.38. The fourth-order valence-corrected chi connectivity index (χ4v) is 3.37. The van der Waals surface area contributed by atoms with Crippen molar-refractivity contribution in [3.63, 3.8) is 0 Å². The van der Waals surface area contributed by atoms with Gasteiger partial charge in [0.1, 0.15) is 0 Å². The van der Waals surface area contributed by atoms with Gasteiger partial charge in [-0.05, 0) is 37.7 Å². The topological polar surface area (TPSA) is 58.6 Å². The van der Waals surface area contributed by atoms with Crippen molar-refractivity contribution in [3.8, 4) is 0 Å². The molecular formula is C17H24N2O3S. The summed E-state index contributed by atoms with van der Waals surface area (Å²) in [6.07, 6.45) is 1.88. The Kier molecular flexibility index (Phi) is 7.26. The Morgan fingerprint density at radius 1 is 1.35 bits per heavy atom. The van der Waals surface area contributed by atoms with Crippen LogP contribution in [0.4, 0.5) is 4.79 Å². The van der Waals surface area contributed by atoms with Crippen LogP contribution in [0.25, 0.3) is 0 Å². The zero-order chi connectivity index (χ0) is 16.5. The summed E-state index contributed by atoms with van der Waals surface area (Å²) in [5, 5.41) is 3.01. The number of hydrogen-bond donors (Lipinski definition) is 1.